The zero-order valence-electron chi connectivity index (χ0n) is 42.1. The molecule has 0 spiro atoms. The molecule has 3 amide bonds. The maximum Gasteiger partial charge on any atom is 0.258 e. The molecule has 3 atom stereocenters. The van der Waals surface area contributed by atoms with Crippen LogP contribution < -0.4 is 31.3 Å². The van der Waals surface area contributed by atoms with E-state index in [2.05, 4.69) is 16.0 Å². The molecule has 2 unspecified atom stereocenters. The second kappa shape index (κ2) is 34.1. The number of amidine groups is 2. The van der Waals surface area contributed by atoms with Crippen molar-refractivity contribution in [2.45, 2.75) is 58.3 Å². The highest BCUT2D eigenvalue weighted by Crippen LogP contribution is 2.40. The van der Waals surface area contributed by atoms with Crippen LogP contribution in [0.2, 0.25) is 5.02 Å². The van der Waals surface area contributed by atoms with Crippen molar-refractivity contribution in [3.8, 4) is 5.75 Å². The molecule has 0 aliphatic carbocycles. The number of carbonyl (C=O) groups is 5. The third-order valence-electron chi connectivity index (χ3n) is 11.0. The summed E-state index contributed by atoms with van der Waals surface area (Å²) in [6.07, 6.45) is -0.437. The Morgan fingerprint density at radius 1 is 0.824 bits per heavy atom. The highest BCUT2D eigenvalue weighted by atomic mass is 35.5. The summed E-state index contributed by atoms with van der Waals surface area (Å²) in [5, 5.41) is 37.8. The van der Waals surface area contributed by atoms with Gasteiger partial charge in [0.15, 0.2) is 12.9 Å². The number of carbonyl (C=O) groups excluding carboxylic acids is 5. The van der Waals surface area contributed by atoms with Crippen molar-refractivity contribution in [3.63, 3.8) is 0 Å². The van der Waals surface area contributed by atoms with E-state index in [9.17, 15) is 29.1 Å². The van der Waals surface area contributed by atoms with Crippen LogP contribution in [0, 0.1) is 24.7 Å². The second-order valence-corrected chi connectivity index (χ2v) is 18.0. The van der Waals surface area contributed by atoms with E-state index in [0.717, 1.165) is 26.6 Å². The first kappa shape index (κ1) is 61.0. The number of ether oxygens (including phenoxy) is 8. The maximum atomic E-state index is 13.1. The number of aliphatic hydroxyl groups is 1. The van der Waals surface area contributed by atoms with Gasteiger partial charge in [-0.05, 0) is 51.0 Å². The fraction of sp³-hybridized carbons (Fsp3) is 0.520. The summed E-state index contributed by atoms with van der Waals surface area (Å²) >= 11 is 7.68. The number of halogens is 1. The third-order valence-corrected chi connectivity index (χ3v) is 12.4. The molecule has 24 heteroatoms. The molecule has 0 saturated carbocycles. The monoisotopic (exact) mass is 1070 g/mol. The average molecular weight is 1070 g/mol. The van der Waals surface area contributed by atoms with Crippen LogP contribution in [0.4, 0.5) is 5.00 Å². The van der Waals surface area contributed by atoms with E-state index in [0.29, 0.717) is 103 Å². The van der Waals surface area contributed by atoms with Crippen LogP contribution >= 0.6 is 22.9 Å². The molecule has 0 saturated heterocycles. The summed E-state index contributed by atoms with van der Waals surface area (Å²) in [7, 11) is 0. The largest absolute Gasteiger partial charge is 0.483 e. The Bertz CT molecular complexity index is 2320. The van der Waals surface area contributed by atoms with Crippen LogP contribution in [0.5, 0.6) is 5.75 Å². The number of nitrogens with one attached hydrogen (secondary N) is 5. The summed E-state index contributed by atoms with van der Waals surface area (Å²) < 4.78 is 44.3. The van der Waals surface area contributed by atoms with E-state index in [1.54, 1.807) is 24.0 Å². The SMILES string of the molecule is CC(=N)N1C(=N)[C@H](CC(=O)NCCOCCOCCOCCOCCOCCOCCOCCNC(=O)COc2cccc(C=O)c2C(O)NC(CCC=O)C(N)=O)N=C(c2ccc(Cl)cc2)c2c1sc(C)c2C. The fourth-order valence-electron chi connectivity index (χ4n) is 7.17. The number of primary amides is 1. The van der Waals surface area contributed by atoms with Crippen molar-refractivity contribution >= 4 is 75.6 Å². The van der Waals surface area contributed by atoms with Crippen molar-refractivity contribution in [2.75, 3.05) is 117 Å². The van der Waals surface area contributed by atoms with Crippen LogP contribution in [0.3, 0.4) is 0 Å². The average Bonchev–Trinajstić information content (AvgIpc) is 3.60. The van der Waals surface area contributed by atoms with Crippen LogP contribution in [-0.4, -0.2) is 177 Å². The van der Waals surface area contributed by atoms with Gasteiger partial charge < -0.3 is 64.2 Å². The Morgan fingerprint density at radius 3 is 1.85 bits per heavy atom. The van der Waals surface area contributed by atoms with Crippen molar-refractivity contribution in [3.05, 3.63) is 80.2 Å². The number of aldehydes is 2. The number of hydrogen-bond acceptors (Lipinski definition) is 19. The third kappa shape index (κ3) is 20.6. The minimum atomic E-state index is -1.55. The molecule has 2 heterocycles. The zero-order valence-corrected chi connectivity index (χ0v) is 43.7. The number of fused-ring (bicyclic) bond motifs is 1. The first-order chi connectivity index (χ1) is 35.8. The molecule has 22 nitrogen and oxygen atoms in total. The van der Waals surface area contributed by atoms with Gasteiger partial charge in [0.2, 0.25) is 11.8 Å². The topological polar surface area (TPSA) is 305 Å². The minimum Gasteiger partial charge on any atom is -0.483 e. The lowest BCUT2D eigenvalue weighted by atomic mass is 9.99. The highest BCUT2D eigenvalue weighted by Gasteiger charge is 2.35. The zero-order chi connectivity index (χ0) is 53.7. The van der Waals surface area contributed by atoms with Gasteiger partial charge in [-0.1, -0.05) is 35.9 Å². The maximum absolute atomic E-state index is 13.1. The van der Waals surface area contributed by atoms with Crippen molar-refractivity contribution in [2.24, 2.45) is 10.7 Å². The number of anilines is 1. The Labute approximate surface area is 439 Å². The van der Waals surface area contributed by atoms with E-state index < -0.39 is 36.7 Å². The Kier molecular flexibility index (Phi) is 28.1. The van der Waals surface area contributed by atoms with Crippen LogP contribution in [0.15, 0.2) is 47.5 Å². The summed E-state index contributed by atoms with van der Waals surface area (Å²) in [4.78, 5) is 67.2. The van der Waals surface area contributed by atoms with Gasteiger partial charge in [0, 0.05) is 51.7 Å². The second-order valence-electron chi connectivity index (χ2n) is 16.4. The number of rotatable bonds is 38. The molecule has 1 aliphatic heterocycles. The van der Waals surface area contributed by atoms with Gasteiger partial charge in [0.1, 0.15) is 41.0 Å². The predicted molar refractivity (Wildman–Crippen MR) is 278 cm³/mol. The van der Waals surface area contributed by atoms with Gasteiger partial charge in [0.25, 0.3) is 5.91 Å². The van der Waals surface area contributed by atoms with Gasteiger partial charge >= 0.3 is 0 Å². The number of hydrogen-bond donors (Lipinski definition) is 7. The van der Waals surface area contributed by atoms with E-state index in [1.165, 1.54) is 29.5 Å². The van der Waals surface area contributed by atoms with E-state index in [4.69, 9.17) is 71.0 Å². The smallest absolute Gasteiger partial charge is 0.258 e. The fourth-order valence-corrected chi connectivity index (χ4v) is 8.52. The normalized spacial score (nSPS) is 14.1. The van der Waals surface area contributed by atoms with Crippen molar-refractivity contribution in [1.29, 1.82) is 10.8 Å². The first-order valence-electron chi connectivity index (χ1n) is 24.1. The Balaban J connectivity index is 0.934. The molecule has 8 N–H and O–H groups in total. The predicted octanol–water partition coefficient (Wildman–Crippen LogP) is 3.06. The van der Waals surface area contributed by atoms with Crippen LogP contribution in [0.1, 0.15) is 69.9 Å². The summed E-state index contributed by atoms with van der Waals surface area (Å²) in [6, 6.07) is 9.86. The Morgan fingerprint density at radius 2 is 1.35 bits per heavy atom. The van der Waals surface area contributed by atoms with Gasteiger partial charge in [-0.25, -0.2) is 0 Å². The number of thiophene rings is 1. The lowest BCUT2D eigenvalue weighted by Crippen LogP contribution is -2.43. The quantitative estimate of drug-likeness (QED) is 0.0143. The molecule has 1 aromatic heterocycles. The number of amides is 3. The molecule has 0 radical (unpaired) electrons. The molecular weight excluding hydrogens is 1000 g/mol. The van der Waals surface area contributed by atoms with Crippen molar-refractivity contribution < 1.29 is 67.0 Å². The molecule has 2 aromatic carbocycles. The minimum absolute atomic E-state index is 0.0151. The Hall–Kier alpha value is -5.57. The molecular formula is C50H69ClN8O14S. The van der Waals surface area contributed by atoms with Crippen molar-refractivity contribution in [1.82, 2.24) is 16.0 Å². The molecule has 74 heavy (non-hydrogen) atoms. The molecule has 0 fully saturated rings. The molecule has 1 aliphatic rings. The molecule has 3 aromatic rings. The number of aliphatic hydroxyl groups excluding tert-OH is 1. The van der Waals surface area contributed by atoms with Gasteiger partial charge in [-0.2, -0.15) is 0 Å². The highest BCUT2D eigenvalue weighted by molar-refractivity contribution is 7.17. The number of benzene rings is 2. The first-order valence-corrected chi connectivity index (χ1v) is 25.3. The van der Waals surface area contributed by atoms with E-state index >= 15 is 0 Å². The molecule has 406 valence electrons. The standard InChI is InChI=1S/C50H69ClN8O14S/c1-33-34(2)74-50-44(33)46(36-9-11-38(51)12-10-36)57-40(47(53)59(50)35(3)52)30-42(62)55-13-16-66-18-20-68-22-24-70-26-28-72-29-27-71-25-23-69-21-19-67-17-14-56-43(63)32-73-41-8-4-6-37(31-61)45(41)49(65)58-39(48(54)64)7-5-15-60/h4,6,8-12,15,31,39-40,49,52-53,58,65H,5,7,13-14,16-30,32H2,1-3H3,(H2,54,64)(H,55,62)(H,56,63)/t39?,40-,49?/m0/s1. The summed E-state index contributed by atoms with van der Waals surface area (Å²) in [6.45, 7) is 10.6. The number of nitrogens with two attached hydrogens (primary N) is 1. The number of aliphatic imine (C=N–C) groups is 1. The van der Waals surface area contributed by atoms with E-state index in [1.807, 2.05) is 26.0 Å². The summed E-state index contributed by atoms with van der Waals surface area (Å²) in [5.41, 5.74) is 8.79. The summed E-state index contributed by atoms with van der Waals surface area (Å²) in [5.74, 6) is -1.28. The lowest BCUT2D eigenvalue weighted by Gasteiger charge is -2.24. The van der Waals surface area contributed by atoms with Gasteiger partial charge in [-0.3, -0.25) is 45.2 Å². The number of aryl methyl sites for hydroxylation is 1. The molecule has 4 rings (SSSR count). The van der Waals surface area contributed by atoms with Gasteiger partial charge in [-0.15, -0.1) is 11.3 Å². The van der Waals surface area contributed by atoms with Gasteiger partial charge in [0.05, 0.1) is 111 Å². The van der Waals surface area contributed by atoms with Crippen LogP contribution in [0.25, 0.3) is 0 Å². The number of nitrogens with zero attached hydrogens (tertiary/aromatic N) is 2. The molecule has 0 bridgehead atoms. The van der Waals surface area contributed by atoms with Crippen LogP contribution in [-0.2, 0) is 52.3 Å². The lowest BCUT2D eigenvalue weighted by molar-refractivity contribution is -0.123. The van der Waals surface area contributed by atoms with E-state index in [-0.39, 0.29) is 80.0 Å².